The zero-order chi connectivity index (χ0) is 17.5. The average Bonchev–Trinajstić information content (AvgIpc) is 2.57. The number of nitrogens with one attached hydrogen (secondary N) is 2. The number of carbonyl (C=O) groups excluding carboxylic acids is 1. The van der Waals surface area contributed by atoms with Gasteiger partial charge in [-0.25, -0.2) is 8.78 Å². The third-order valence-corrected chi connectivity index (χ3v) is 3.46. The fourth-order valence-corrected chi connectivity index (χ4v) is 2.15. The fourth-order valence-electron chi connectivity index (χ4n) is 2.15. The fraction of sp³-hybridized carbons (Fsp3) is 0.278. The van der Waals surface area contributed by atoms with Gasteiger partial charge in [0.25, 0.3) is 0 Å². The van der Waals surface area contributed by atoms with E-state index in [9.17, 15) is 13.6 Å². The molecule has 2 N–H and O–H groups in total. The summed E-state index contributed by atoms with van der Waals surface area (Å²) in [7, 11) is 0. The van der Waals surface area contributed by atoms with Gasteiger partial charge in [0.1, 0.15) is 5.75 Å². The van der Waals surface area contributed by atoms with Gasteiger partial charge in [0.15, 0.2) is 11.6 Å². The highest BCUT2D eigenvalue weighted by molar-refractivity contribution is 5.92. The van der Waals surface area contributed by atoms with Crippen molar-refractivity contribution >= 4 is 11.6 Å². The summed E-state index contributed by atoms with van der Waals surface area (Å²) < 4.78 is 31.5. The Labute approximate surface area is 139 Å². The number of ether oxygens (including phenoxy) is 1. The lowest BCUT2D eigenvalue weighted by atomic mass is 10.1. The van der Waals surface area contributed by atoms with Crippen molar-refractivity contribution in [3.05, 3.63) is 59.7 Å². The lowest BCUT2D eigenvalue weighted by Gasteiger charge is -2.14. The van der Waals surface area contributed by atoms with E-state index in [2.05, 4.69) is 10.6 Å². The smallest absolute Gasteiger partial charge is 0.238 e. The van der Waals surface area contributed by atoms with Crippen molar-refractivity contribution < 1.29 is 18.3 Å². The summed E-state index contributed by atoms with van der Waals surface area (Å²) in [5.74, 6) is -1.28. The molecule has 1 amide bonds. The van der Waals surface area contributed by atoms with E-state index in [1.54, 1.807) is 31.2 Å². The van der Waals surface area contributed by atoms with E-state index in [1.807, 2.05) is 6.92 Å². The Morgan fingerprint density at radius 3 is 2.46 bits per heavy atom. The molecule has 0 unspecified atom stereocenters. The predicted octanol–water partition coefficient (Wildman–Crippen LogP) is 3.65. The Balaban J connectivity index is 1.84. The zero-order valence-corrected chi connectivity index (χ0v) is 13.6. The second-order valence-electron chi connectivity index (χ2n) is 5.28. The van der Waals surface area contributed by atoms with Crippen molar-refractivity contribution in [1.29, 1.82) is 0 Å². The first-order valence-corrected chi connectivity index (χ1v) is 7.70. The van der Waals surface area contributed by atoms with E-state index >= 15 is 0 Å². The van der Waals surface area contributed by atoms with Gasteiger partial charge < -0.3 is 15.4 Å². The number of amides is 1. The molecule has 2 aromatic carbocycles. The molecule has 0 aliphatic carbocycles. The Hall–Kier alpha value is -2.47. The third-order valence-electron chi connectivity index (χ3n) is 3.46. The van der Waals surface area contributed by atoms with E-state index in [4.69, 9.17) is 4.74 Å². The highest BCUT2D eigenvalue weighted by Crippen LogP contribution is 2.17. The van der Waals surface area contributed by atoms with E-state index < -0.39 is 11.6 Å². The summed E-state index contributed by atoms with van der Waals surface area (Å²) in [6.07, 6.45) is 0. The van der Waals surface area contributed by atoms with Gasteiger partial charge in [-0.2, -0.15) is 0 Å². The standard InChI is InChI=1S/C18H20F2N2O2/c1-3-24-15-7-5-14(6-8-15)22-18(23)11-21-12(2)13-4-9-16(19)17(20)10-13/h4-10,12,21H,3,11H2,1-2H3,(H,22,23)/t12-/m0/s1. The van der Waals surface area contributed by atoms with E-state index in [-0.39, 0.29) is 18.5 Å². The maximum Gasteiger partial charge on any atom is 0.238 e. The lowest BCUT2D eigenvalue weighted by molar-refractivity contribution is -0.115. The number of carbonyl (C=O) groups is 1. The summed E-state index contributed by atoms with van der Waals surface area (Å²) >= 11 is 0. The molecule has 2 aromatic rings. The first-order chi connectivity index (χ1) is 11.5. The van der Waals surface area contributed by atoms with E-state index in [1.165, 1.54) is 6.07 Å². The average molecular weight is 334 g/mol. The maximum atomic E-state index is 13.2. The molecule has 0 aliphatic heterocycles. The van der Waals surface area contributed by atoms with Crippen molar-refractivity contribution in [2.45, 2.75) is 19.9 Å². The molecule has 6 heteroatoms. The molecule has 128 valence electrons. The van der Waals surface area contributed by atoms with Crippen LogP contribution in [0.5, 0.6) is 5.75 Å². The van der Waals surface area contributed by atoms with Crippen molar-refractivity contribution in [2.24, 2.45) is 0 Å². The molecule has 4 nitrogen and oxygen atoms in total. The molecule has 0 radical (unpaired) electrons. The van der Waals surface area contributed by atoms with Crippen molar-refractivity contribution in [2.75, 3.05) is 18.5 Å². The van der Waals surface area contributed by atoms with Crippen LogP contribution in [-0.2, 0) is 4.79 Å². The quantitative estimate of drug-likeness (QED) is 0.812. The monoisotopic (exact) mass is 334 g/mol. The Morgan fingerprint density at radius 1 is 1.12 bits per heavy atom. The number of rotatable bonds is 7. The first-order valence-electron chi connectivity index (χ1n) is 7.70. The topological polar surface area (TPSA) is 50.4 Å². The number of hydrogen-bond acceptors (Lipinski definition) is 3. The van der Waals surface area contributed by atoms with Gasteiger partial charge in [-0.05, 0) is 55.8 Å². The summed E-state index contributed by atoms with van der Waals surface area (Å²) in [5.41, 5.74) is 1.23. The van der Waals surface area contributed by atoms with Crippen LogP contribution in [0.15, 0.2) is 42.5 Å². The van der Waals surface area contributed by atoms with Crippen LogP contribution in [0, 0.1) is 11.6 Å². The third kappa shape index (κ3) is 5.03. The molecule has 0 aromatic heterocycles. The number of anilines is 1. The molecule has 0 saturated heterocycles. The van der Waals surface area contributed by atoms with Crippen LogP contribution in [-0.4, -0.2) is 19.1 Å². The molecular formula is C18H20F2N2O2. The predicted molar refractivity (Wildman–Crippen MR) is 89.0 cm³/mol. The summed E-state index contributed by atoms with van der Waals surface area (Å²) in [6, 6.07) is 10.4. The number of halogens is 2. The minimum absolute atomic E-state index is 0.0490. The molecule has 0 spiro atoms. The highest BCUT2D eigenvalue weighted by Gasteiger charge is 2.10. The Bertz CT molecular complexity index is 690. The van der Waals surface area contributed by atoms with Gasteiger partial charge in [0.05, 0.1) is 13.2 Å². The highest BCUT2D eigenvalue weighted by atomic mass is 19.2. The van der Waals surface area contributed by atoms with Gasteiger partial charge in [-0.15, -0.1) is 0 Å². The molecule has 0 fully saturated rings. The minimum Gasteiger partial charge on any atom is -0.494 e. The van der Waals surface area contributed by atoms with Crippen molar-refractivity contribution in [3.63, 3.8) is 0 Å². The summed E-state index contributed by atoms with van der Waals surface area (Å²) in [4.78, 5) is 11.9. The second kappa shape index (κ2) is 8.40. The number of hydrogen-bond donors (Lipinski definition) is 2. The largest absolute Gasteiger partial charge is 0.494 e. The molecule has 1 atom stereocenters. The zero-order valence-electron chi connectivity index (χ0n) is 13.6. The van der Waals surface area contributed by atoms with Gasteiger partial charge in [-0.1, -0.05) is 6.07 Å². The van der Waals surface area contributed by atoms with Crippen molar-refractivity contribution in [3.8, 4) is 5.75 Å². The van der Waals surface area contributed by atoms with Crippen LogP contribution >= 0.6 is 0 Å². The van der Waals surface area contributed by atoms with E-state index in [0.717, 1.165) is 17.9 Å². The van der Waals surface area contributed by atoms with Gasteiger partial charge in [-0.3, -0.25) is 4.79 Å². The molecular weight excluding hydrogens is 314 g/mol. The SMILES string of the molecule is CCOc1ccc(NC(=O)CN[C@@H](C)c2ccc(F)c(F)c2)cc1. The second-order valence-corrected chi connectivity index (χ2v) is 5.28. The molecule has 0 bridgehead atoms. The minimum atomic E-state index is -0.903. The molecule has 24 heavy (non-hydrogen) atoms. The first kappa shape index (κ1) is 17.9. The van der Waals surface area contributed by atoms with Crippen molar-refractivity contribution in [1.82, 2.24) is 5.32 Å². The van der Waals surface area contributed by atoms with Crippen LogP contribution in [0.3, 0.4) is 0 Å². The van der Waals surface area contributed by atoms with Crippen LogP contribution in [0.25, 0.3) is 0 Å². The molecule has 0 saturated carbocycles. The Morgan fingerprint density at radius 2 is 1.83 bits per heavy atom. The van der Waals surface area contributed by atoms with Gasteiger partial charge >= 0.3 is 0 Å². The molecule has 0 heterocycles. The van der Waals surface area contributed by atoms with Crippen LogP contribution < -0.4 is 15.4 Å². The van der Waals surface area contributed by atoms with Gasteiger partial charge in [0.2, 0.25) is 5.91 Å². The van der Waals surface area contributed by atoms with Crippen LogP contribution in [0.4, 0.5) is 14.5 Å². The normalized spacial score (nSPS) is 11.8. The van der Waals surface area contributed by atoms with Crippen LogP contribution in [0.2, 0.25) is 0 Å². The van der Waals surface area contributed by atoms with Gasteiger partial charge in [0, 0.05) is 11.7 Å². The molecule has 2 rings (SSSR count). The Kier molecular flexibility index (Phi) is 6.26. The molecule has 0 aliphatic rings. The lowest BCUT2D eigenvalue weighted by Crippen LogP contribution is -2.30. The number of benzene rings is 2. The summed E-state index contributed by atoms with van der Waals surface area (Å²) in [5, 5.41) is 5.72. The van der Waals surface area contributed by atoms with Crippen LogP contribution in [0.1, 0.15) is 25.5 Å². The summed E-state index contributed by atoms with van der Waals surface area (Å²) in [6.45, 7) is 4.30. The van der Waals surface area contributed by atoms with E-state index in [0.29, 0.717) is 17.9 Å². The maximum absolute atomic E-state index is 13.2.